The molecule has 0 nitrogen and oxygen atoms in total. The standard InChI is InChI=1S/C46H26/c1-2-9-37-31(5-1)23-35-16-15-33-24-36(25-34-19-22-40(37)46(35)44(33)34)38-10-4-6-27-11-14-32(26-42(27)38)39-20-17-30-13-12-28-7-3-8-29-18-21-41(39)45(30)43(28)29/h1-26H. The average Bonchev–Trinajstić information content (AvgIpc) is 3.12. The molecular weight excluding hydrogens is 553 g/mol. The van der Waals surface area contributed by atoms with Crippen LogP contribution >= 0.6 is 0 Å². The van der Waals surface area contributed by atoms with Crippen LogP contribution in [0.2, 0.25) is 0 Å². The minimum Gasteiger partial charge on any atom is -0.0616 e. The summed E-state index contributed by atoms with van der Waals surface area (Å²) in [4.78, 5) is 0. The van der Waals surface area contributed by atoms with Crippen molar-refractivity contribution in [3.8, 4) is 22.3 Å². The van der Waals surface area contributed by atoms with Gasteiger partial charge in [-0.15, -0.1) is 0 Å². The normalized spacial score (nSPS) is 12.3. The number of hydrogen-bond donors (Lipinski definition) is 0. The van der Waals surface area contributed by atoms with Gasteiger partial charge in [0.15, 0.2) is 0 Å². The molecule has 0 unspecified atom stereocenters. The lowest BCUT2D eigenvalue weighted by molar-refractivity contribution is 1.67. The molecule has 0 fully saturated rings. The molecule has 11 aromatic rings. The summed E-state index contributed by atoms with van der Waals surface area (Å²) < 4.78 is 0. The lowest BCUT2D eigenvalue weighted by atomic mass is 9.87. The summed E-state index contributed by atoms with van der Waals surface area (Å²) in [6.07, 6.45) is 0. The van der Waals surface area contributed by atoms with Crippen LogP contribution in [0.1, 0.15) is 0 Å². The number of rotatable bonds is 2. The van der Waals surface area contributed by atoms with Crippen molar-refractivity contribution < 1.29 is 0 Å². The molecule has 0 atom stereocenters. The van der Waals surface area contributed by atoms with E-state index in [9.17, 15) is 0 Å². The Bertz CT molecular complexity index is 2980. The summed E-state index contributed by atoms with van der Waals surface area (Å²) in [7, 11) is 0. The summed E-state index contributed by atoms with van der Waals surface area (Å²) in [5, 5.41) is 21.1. The fourth-order valence-corrected chi connectivity index (χ4v) is 8.41. The Balaban J connectivity index is 1.14. The van der Waals surface area contributed by atoms with Crippen LogP contribution in [0.3, 0.4) is 0 Å². The van der Waals surface area contributed by atoms with Crippen LogP contribution in [0.15, 0.2) is 158 Å². The average molecular weight is 579 g/mol. The topological polar surface area (TPSA) is 0 Å². The first-order chi connectivity index (χ1) is 22.8. The van der Waals surface area contributed by atoms with Crippen LogP contribution in [-0.2, 0) is 0 Å². The van der Waals surface area contributed by atoms with Gasteiger partial charge < -0.3 is 0 Å². The second kappa shape index (κ2) is 8.81. The van der Waals surface area contributed by atoms with Gasteiger partial charge in [-0.05, 0) is 133 Å². The SMILES string of the molecule is c1cc(-c2cc3ccc4cc5ccccc5c5ccc(c2)c3c45)c2cc(-c3ccc4ccc5cccc6ccc3c4c56)ccc2c1. The molecule has 11 rings (SSSR count). The molecule has 0 bridgehead atoms. The number of benzene rings is 11. The molecule has 0 aliphatic carbocycles. The fraction of sp³-hybridized carbons (Fsp3) is 0. The molecule has 46 heavy (non-hydrogen) atoms. The first kappa shape index (κ1) is 24.4. The van der Waals surface area contributed by atoms with E-state index in [0.717, 1.165) is 0 Å². The summed E-state index contributed by atoms with van der Waals surface area (Å²) >= 11 is 0. The molecule has 0 saturated heterocycles. The van der Waals surface area contributed by atoms with Crippen molar-refractivity contribution in [2.45, 2.75) is 0 Å². The molecule has 0 radical (unpaired) electrons. The molecule has 0 aliphatic rings. The van der Waals surface area contributed by atoms with Crippen molar-refractivity contribution in [1.29, 1.82) is 0 Å². The lowest BCUT2D eigenvalue weighted by Gasteiger charge is -2.16. The van der Waals surface area contributed by atoms with Crippen molar-refractivity contribution in [1.82, 2.24) is 0 Å². The molecule has 11 aromatic carbocycles. The van der Waals surface area contributed by atoms with Gasteiger partial charge in [0.1, 0.15) is 0 Å². The number of fused-ring (bicyclic) bond motifs is 3. The molecule has 0 saturated carbocycles. The van der Waals surface area contributed by atoms with Crippen LogP contribution in [0.5, 0.6) is 0 Å². The quantitative estimate of drug-likeness (QED) is 0.141. The minimum atomic E-state index is 1.25. The third-order valence-corrected chi connectivity index (χ3v) is 10.5. The van der Waals surface area contributed by atoms with Crippen molar-refractivity contribution in [2.75, 3.05) is 0 Å². The van der Waals surface area contributed by atoms with Crippen LogP contribution in [-0.4, -0.2) is 0 Å². The smallest absolute Gasteiger partial charge is 0.00203 e. The zero-order valence-corrected chi connectivity index (χ0v) is 25.0. The first-order valence-electron chi connectivity index (χ1n) is 16.1. The third kappa shape index (κ3) is 3.23. The van der Waals surface area contributed by atoms with Crippen molar-refractivity contribution >= 4 is 86.2 Å². The Hall–Kier alpha value is -5.98. The van der Waals surface area contributed by atoms with Crippen LogP contribution in [0.25, 0.3) is 108 Å². The van der Waals surface area contributed by atoms with Gasteiger partial charge in [-0.3, -0.25) is 0 Å². The van der Waals surface area contributed by atoms with E-state index in [4.69, 9.17) is 0 Å². The van der Waals surface area contributed by atoms with E-state index in [1.54, 1.807) is 0 Å². The van der Waals surface area contributed by atoms with E-state index in [1.807, 2.05) is 0 Å². The van der Waals surface area contributed by atoms with Crippen LogP contribution < -0.4 is 0 Å². The second-order valence-corrected chi connectivity index (χ2v) is 12.9. The van der Waals surface area contributed by atoms with Crippen LogP contribution in [0.4, 0.5) is 0 Å². The molecule has 0 aliphatic heterocycles. The van der Waals surface area contributed by atoms with Gasteiger partial charge in [0.2, 0.25) is 0 Å². The Morgan fingerprint density at radius 2 is 0.761 bits per heavy atom. The van der Waals surface area contributed by atoms with Gasteiger partial charge in [-0.25, -0.2) is 0 Å². The molecule has 210 valence electrons. The maximum atomic E-state index is 2.41. The van der Waals surface area contributed by atoms with Crippen molar-refractivity contribution in [2.24, 2.45) is 0 Å². The maximum Gasteiger partial charge on any atom is -0.00203 e. The highest BCUT2D eigenvalue weighted by Gasteiger charge is 2.16. The minimum absolute atomic E-state index is 1.25. The van der Waals surface area contributed by atoms with Gasteiger partial charge in [0, 0.05) is 0 Å². The Kier molecular flexibility index (Phi) is 4.66. The summed E-state index contributed by atoms with van der Waals surface area (Å²) in [6.45, 7) is 0. The predicted octanol–water partition coefficient (Wildman–Crippen LogP) is 13.1. The molecule has 0 heteroatoms. The Morgan fingerprint density at radius 1 is 0.217 bits per heavy atom. The van der Waals surface area contributed by atoms with E-state index in [-0.39, 0.29) is 0 Å². The highest BCUT2D eigenvalue weighted by atomic mass is 14.2. The monoisotopic (exact) mass is 578 g/mol. The Morgan fingerprint density at radius 3 is 1.63 bits per heavy atom. The van der Waals surface area contributed by atoms with E-state index in [0.29, 0.717) is 0 Å². The van der Waals surface area contributed by atoms with E-state index >= 15 is 0 Å². The molecule has 0 heterocycles. The predicted molar refractivity (Wildman–Crippen MR) is 200 cm³/mol. The fourth-order valence-electron chi connectivity index (χ4n) is 8.41. The van der Waals surface area contributed by atoms with Crippen LogP contribution in [0, 0.1) is 0 Å². The second-order valence-electron chi connectivity index (χ2n) is 12.9. The first-order valence-corrected chi connectivity index (χ1v) is 16.1. The van der Waals surface area contributed by atoms with Crippen molar-refractivity contribution in [3.63, 3.8) is 0 Å². The van der Waals surface area contributed by atoms with Gasteiger partial charge in [0.25, 0.3) is 0 Å². The zero-order valence-electron chi connectivity index (χ0n) is 25.0. The summed E-state index contributed by atoms with van der Waals surface area (Å²) in [6, 6.07) is 59.2. The molecule has 0 N–H and O–H groups in total. The highest BCUT2D eigenvalue weighted by Crippen LogP contribution is 2.43. The van der Waals surface area contributed by atoms with Gasteiger partial charge in [-0.1, -0.05) is 133 Å². The lowest BCUT2D eigenvalue weighted by Crippen LogP contribution is -1.89. The Labute approximate surface area is 265 Å². The third-order valence-electron chi connectivity index (χ3n) is 10.5. The molecular formula is C46H26. The summed E-state index contributed by atoms with van der Waals surface area (Å²) in [5.74, 6) is 0. The number of hydrogen-bond acceptors (Lipinski definition) is 0. The summed E-state index contributed by atoms with van der Waals surface area (Å²) in [5.41, 5.74) is 5.06. The molecule has 0 aromatic heterocycles. The van der Waals surface area contributed by atoms with Gasteiger partial charge in [-0.2, -0.15) is 0 Å². The van der Waals surface area contributed by atoms with E-state index in [2.05, 4.69) is 158 Å². The molecule has 0 spiro atoms. The zero-order chi connectivity index (χ0) is 29.9. The van der Waals surface area contributed by atoms with Gasteiger partial charge in [0.05, 0.1) is 0 Å². The maximum absolute atomic E-state index is 2.41. The highest BCUT2D eigenvalue weighted by molar-refractivity contribution is 6.30. The van der Waals surface area contributed by atoms with Gasteiger partial charge >= 0.3 is 0 Å². The molecule has 0 amide bonds. The van der Waals surface area contributed by atoms with E-state index in [1.165, 1.54) is 108 Å². The van der Waals surface area contributed by atoms with E-state index < -0.39 is 0 Å². The largest absolute Gasteiger partial charge is 0.0616 e. The van der Waals surface area contributed by atoms with Crippen molar-refractivity contribution in [3.05, 3.63) is 158 Å².